The van der Waals surface area contributed by atoms with Gasteiger partial charge in [0.15, 0.2) is 0 Å². The van der Waals surface area contributed by atoms with Gasteiger partial charge in [-0.05, 0) is 12.1 Å². The van der Waals surface area contributed by atoms with Crippen LogP contribution in [0.4, 0.5) is 0 Å². The predicted octanol–water partition coefficient (Wildman–Crippen LogP) is 1.41. The molecule has 4 nitrogen and oxygen atoms in total. The molecule has 0 aliphatic carbocycles. The van der Waals surface area contributed by atoms with Crippen LogP contribution >= 0.6 is 9.12 Å². The molecule has 1 rings (SSSR count). The highest BCUT2D eigenvalue weighted by atomic mass is 32.2. The molecule has 0 aliphatic rings. The first-order valence-electron chi connectivity index (χ1n) is 2.83. The quantitative estimate of drug-likeness (QED) is 0.557. The highest BCUT2D eigenvalue weighted by Crippen LogP contribution is 2.05. The fourth-order valence-electron chi connectivity index (χ4n) is 0.592. The monoisotopic (exact) mass is 206 g/mol. The minimum absolute atomic E-state index is 0.0741. The lowest BCUT2D eigenvalue weighted by Crippen LogP contribution is -1.96. The molecule has 0 heterocycles. The van der Waals surface area contributed by atoms with Crippen molar-refractivity contribution in [1.82, 2.24) is 0 Å². The summed E-state index contributed by atoms with van der Waals surface area (Å²) in [6, 6.07) is 7.42. The zero-order valence-corrected chi connectivity index (χ0v) is 7.78. The van der Waals surface area contributed by atoms with Crippen molar-refractivity contribution in [3.63, 3.8) is 0 Å². The van der Waals surface area contributed by atoms with Gasteiger partial charge >= 0.3 is 0 Å². The Morgan fingerprint density at radius 2 is 1.50 bits per heavy atom. The number of benzene rings is 1. The van der Waals surface area contributed by atoms with E-state index in [0.717, 1.165) is 0 Å². The van der Waals surface area contributed by atoms with E-state index in [-0.39, 0.29) is 4.90 Å². The number of hydrogen-bond donors (Lipinski definition) is 1. The van der Waals surface area contributed by atoms with Gasteiger partial charge in [0.05, 0.1) is 4.90 Å². The van der Waals surface area contributed by atoms with E-state index >= 15 is 0 Å². The first-order valence-corrected chi connectivity index (χ1v) is 4.68. The third kappa shape index (κ3) is 3.57. The van der Waals surface area contributed by atoms with Crippen LogP contribution in [0.25, 0.3) is 0 Å². The summed E-state index contributed by atoms with van der Waals surface area (Å²) in [7, 11) is -2.28. The van der Waals surface area contributed by atoms with Gasteiger partial charge in [-0.1, -0.05) is 18.2 Å². The van der Waals surface area contributed by atoms with Crippen molar-refractivity contribution < 1.29 is 17.5 Å². The summed E-state index contributed by atoms with van der Waals surface area (Å²) in [5, 5.41) is 0. The van der Waals surface area contributed by atoms with Crippen molar-refractivity contribution in [2.24, 2.45) is 0 Å². The first kappa shape index (κ1) is 11.2. The normalized spacial score (nSPS) is 9.75. The SMILES string of the molecule is O=P.O=S(=O)(O)c1ccccc1. The Hall–Kier alpha value is -0.770. The molecule has 1 N–H and O–H groups in total. The lowest BCUT2D eigenvalue weighted by molar-refractivity contribution is 0.483. The summed E-state index contributed by atoms with van der Waals surface area (Å²) in [6.07, 6.45) is 0. The zero-order valence-electron chi connectivity index (χ0n) is 5.97. The van der Waals surface area contributed by atoms with Gasteiger partial charge in [-0.25, -0.2) is 0 Å². The number of rotatable bonds is 1. The summed E-state index contributed by atoms with van der Waals surface area (Å²) in [5.41, 5.74) is 0. The molecule has 0 aromatic heterocycles. The van der Waals surface area contributed by atoms with E-state index in [2.05, 4.69) is 0 Å². The lowest BCUT2D eigenvalue weighted by atomic mass is 10.4. The van der Waals surface area contributed by atoms with E-state index < -0.39 is 10.1 Å². The van der Waals surface area contributed by atoms with E-state index in [1.54, 1.807) is 27.3 Å². The van der Waals surface area contributed by atoms with Gasteiger partial charge in [0.25, 0.3) is 10.1 Å². The fourth-order valence-corrected chi connectivity index (χ4v) is 1.09. The Morgan fingerprint density at radius 3 is 1.75 bits per heavy atom. The van der Waals surface area contributed by atoms with E-state index in [9.17, 15) is 8.42 Å². The van der Waals surface area contributed by atoms with Gasteiger partial charge in [0, 0.05) is 0 Å². The highest BCUT2D eigenvalue weighted by molar-refractivity contribution is 7.85. The minimum atomic E-state index is -4.00. The van der Waals surface area contributed by atoms with Crippen LogP contribution in [0.3, 0.4) is 0 Å². The molecule has 0 radical (unpaired) electrons. The van der Waals surface area contributed by atoms with E-state index in [1.807, 2.05) is 0 Å². The third-order valence-corrected chi connectivity index (χ3v) is 1.91. The van der Waals surface area contributed by atoms with Crippen LogP contribution in [0.5, 0.6) is 0 Å². The van der Waals surface area contributed by atoms with Crippen LogP contribution in [0.2, 0.25) is 0 Å². The second kappa shape index (κ2) is 4.98. The summed E-state index contributed by atoms with van der Waals surface area (Å²) in [4.78, 5) is -0.0741. The Morgan fingerprint density at radius 1 is 1.08 bits per heavy atom. The zero-order chi connectivity index (χ0) is 9.61. The minimum Gasteiger partial charge on any atom is -0.282 e. The van der Waals surface area contributed by atoms with Crippen LogP contribution < -0.4 is 0 Å². The van der Waals surface area contributed by atoms with E-state index in [4.69, 9.17) is 9.12 Å². The van der Waals surface area contributed by atoms with Gasteiger partial charge in [0.2, 0.25) is 0 Å². The maximum atomic E-state index is 10.4. The van der Waals surface area contributed by atoms with Crippen molar-refractivity contribution in [3.05, 3.63) is 30.3 Å². The highest BCUT2D eigenvalue weighted by Gasteiger charge is 2.05. The Kier molecular flexibility index (Phi) is 4.66. The molecule has 1 aromatic carbocycles. The second-order valence-corrected chi connectivity index (χ2v) is 3.21. The van der Waals surface area contributed by atoms with Gasteiger partial charge < -0.3 is 0 Å². The van der Waals surface area contributed by atoms with Crippen LogP contribution in [-0.4, -0.2) is 13.0 Å². The maximum Gasteiger partial charge on any atom is 0.294 e. The first-order chi connectivity index (χ1) is 5.61. The molecular formula is C6H7O4PS. The summed E-state index contributed by atoms with van der Waals surface area (Å²) < 4.78 is 37.3. The van der Waals surface area contributed by atoms with Gasteiger partial charge in [-0.3, -0.25) is 9.12 Å². The molecule has 0 saturated carbocycles. The van der Waals surface area contributed by atoms with Crippen molar-refractivity contribution >= 4 is 19.2 Å². The standard InChI is InChI=1S/C6H6O3S.HOP/c7-10(8,9)6-4-2-1-3-5-6;1-2/h1-5H,(H,7,8,9);2H. The van der Waals surface area contributed by atoms with Gasteiger partial charge in [-0.2, -0.15) is 8.42 Å². The molecule has 6 heteroatoms. The summed E-state index contributed by atoms with van der Waals surface area (Å²) in [6.45, 7) is 0. The lowest BCUT2D eigenvalue weighted by Gasteiger charge is -1.92. The molecule has 1 aromatic rings. The van der Waals surface area contributed by atoms with Crippen molar-refractivity contribution in [2.75, 3.05) is 0 Å². The molecule has 0 saturated heterocycles. The molecule has 0 amide bonds. The molecule has 66 valence electrons. The molecule has 0 atom stereocenters. The van der Waals surface area contributed by atoms with Crippen LogP contribution in [0, 0.1) is 0 Å². The van der Waals surface area contributed by atoms with E-state index in [0.29, 0.717) is 0 Å². The molecule has 0 bridgehead atoms. The van der Waals surface area contributed by atoms with Crippen molar-refractivity contribution in [2.45, 2.75) is 4.90 Å². The summed E-state index contributed by atoms with van der Waals surface area (Å²) in [5.74, 6) is 0. The smallest absolute Gasteiger partial charge is 0.282 e. The summed E-state index contributed by atoms with van der Waals surface area (Å²) >= 11 is 0. The van der Waals surface area contributed by atoms with Gasteiger partial charge in [-0.15, -0.1) is 0 Å². The molecular weight excluding hydrogens is 199 g/mol. The largest absolute Gasteiger partial charge is 0.294 e. The number of hydrogen-bond acceptors (Lipinski definition) is 3. The molecule has 12 heavy (non-hydrogen) atoms. The molecule has 0 fully saturated rings. The predicted molar refractivity (Wildman–Crippen MR) is 45.3 cm³/mol. The molecule has 0 spiro atoms. The average molecular weight is 206 g/mol. The van der Waals surface area contributed by atoms with Crippen molar-refractivity contribution in [3.8, 4) is 0 Å². The third-order valence-electron chi connectivity index (χ3n) is 1.04. The Labute approximate surface area is 72.6 Å². The fraction of sp³-hybridized carbons (Fsp3) is 0. The van der Waals surface area contributed by atoms with Crippen molar-refractivity contribution in [1.29, 1.82) is 0 Å². The van der Waals surface area contributed by atoms with Gasteiger partial charge in [0.1, 0.15) is 9.12 Å². The molecule has 0 unspecified atom stereocenters. The maximum absolute atomic E-state index is 10.4. The Bertz CT molecular complexity index is 321. The van der Waals surface area contributed by atoms with Crippen LogP contribution in [-0.2, 0) is 14.7 Å². The molecule has 0 aliphatic heterocycles. The Balaban J connectivity index is 0.000000561. The average Bonchev–Trinajstić information content (AvgIpc) is 2.08. The second-order valence-electron chi connectivity index (χ2n) is 1.79. The van der Waals surface area contributed by atoms with E-state index in [1.165, 1.54) is 12.1 Å². The van der Waals surface area contributed by atoms with Crippen LogP contribution in [0.15, 0.2) is 35.2 Å². The van der Waals surface area contributed by atoms with Crippen LogP contribution in [0.1, 0.15) is 0 Å². The topological polar surface area (TPSA) is 71.4 Å².